The van der Waals surface area contributed by atoms with E-state index in [4.69, 9.17) is 16.3 Å². The van der Waals surface area contributed by atoms with E-state index in [1.165, 1.54) is 0 Å². The van der Waals surface area contributed by atoms with Crippen LogP contribution < -0.4 is 5.32 Å². The molecule has 0 fully saturated rings. The number of rotatable bonds is 2. The summed E-state index contributed by atoms with van der Waals surface area (Å²) in [5.74, 6) is -0.821. The van der Waals surface area contributed by atoms with Gasteiger partial charge in [-0.25, -0.2) is 4.79 Å². The van der Waals surface area contributed by atoms with Crippen LogP contribution in [0.4, 0.5) is 5.69 Å². The number of esters is 1. The largest absolute Gasteiger partial charge is 0.448 e. The first kappa shape index (κ1) is 14.6. The van der Waals surface area contributed by atoms with Crippen LogP contribution >= 0.6 is 11.6 Å². The van der Waals surface area contributed by atoms with Crippen molar-refractivity contribution in [3.63, 3.8) is 0 Å². The lowest BCUT2D eigenvalue weighted by molar-refractivity contribution is -0.125. The molecule has 1 atom stereocenters. The van der Waals surface area contributed by atoms with Crippen molar-refractivity contribution < 1.29 is 14.3 Å². The van der Waals surface area contributed by atoms with Gasteiger partial charge in [0, 0.05) is 17.1 Å². The Bertz CT molecular complexity index is 757. The Morgan fingerprint density at radius 2 is 2.05 bits per heavy atom. The summed E-state index contributed by atoms with van der Waals surface area (Å²) in [5, 5.41) is 3.31. The predicted octanol–water partition coefficient (Wildman–Crippen LogP) is 3.37. The SMILES string of the molecule is Cc1ccc(Cl)cc1NC(=O)[C@@H]1Cc2ccccc2C(=O)O1. The number of ether oxygens (including phenoxy) is 1. The standard InChI is InChI=1S/C17H14ClNO3/c1-10-6-7-12(18)9-14(10)19-16(20)15-8-11-4-2-3-5-13(11)17(21)22-15/h2-7,9,15H,8H2,1H3,(H,19,20)/t15-/m0/s1. The molecular formula is C17H14ClNO3. The van der Waals surface area contributed by atoms with E-state index >= 15 is 0 Å². The summed E-state index contributed by atoms with van der Waals surface area (Å²) >= 11 is 5.94. The molecule has 2 aromatic carbocycles. The quantitative estimate of drug-likeness (QED) is 0.864. The lowest BCUT2D eigenvalue weighted by Crippen LogP contribution is -2.38. The fourth-order valence-corrected chi connectivity index (χ4v) is 2.59. The van der Waals surface area contributed by atoms with Gasteiger partial charge in [0.25, 0.3) is 5.91 Å². The molecule has 0 spiro atoms. The van der Waals surface area contributed by atoms with Crippen LogP contribution in [0.3, 0.4) is 0 Å². The molecule has 0 radical (unpaired) electrons. The number of benzene rings is 2. The molecule has 1 aliphatic heterocycles. The van der Waals surface area contributed by atoms with E-state index < -0.39 is 12.1 Å². The highest BCUT2D eigenvalue weighted by atomic mass is 35.5. The monoisotopic (exact) mass is 315 g/mol. The first-order valence-electron chi connectivity index (χ1n) is 6.90. The van der Waals surface area contributed by atoms with Crippen LogP contribution in [0.15, 0.2) is 42.5 Å². The first-order valence-corrected chi connectivity index (χ1v) is 7.28. The van der Waals surface area contributed by atoms with Crippen molar-refractivity contribution in [2.45, 2.75) is 19.4 Å². The molecule has 0 bridgehead atoms. The van der Waals surface area contributed by atoms with Crippen molar-refractivity contribution in [3.05, 3.63) is 64.2 Å². The van der Waals surface area contributed by atoms with Gasteiger partial charge in [-0.2, -0.15) is 0 Å². The van der Waals surface area contributed by atoms with E-state index in [2.05, 4.69) is 5.32 Å². The van der Waals surface area contributed by atoms with Gasteiger partial charge in [0.1, 0.15) is 0 Å². The third-order valence-corrected chi connectivity index (χ3v) is 3.88. The molecule has 4 nitrogen and oxygen atoms in total. The summed E-state index contributed by atoms with van der Waals surface area (Å²) in [6.45, 7) is 1.87. The molecule has 5 heteroatoms. The highest BCUT2D eigenvalue weighted by Gasteiger charge is 2.31. The second-order valence-electron chi connectivity index (χ2n) is 5.20. The van der Waals surface area contributed by atoms with Crippen molar-refractivity contribution in [1.82, 2.24) is 0 Å². The Morgan fingerprint density at radius 1 is 1.27 bits per heavy atom. The second-order valence-corrected chi connectivity index (χ2v) is 5.64. The minimum atomic E-state index is -0.833. The first-order chi connectivity index (χ1) is 10.5. The van der Waals surface area contributed by atoms with E-state index in [-0.39, 0.29) is 5.91 Å². The second kappa shape index (κ2) is 5.81. The van der Waals surface area contributed by atoms with Gasteiger partial charge in [0.15, 0.2) is 6.10 Å². The predicted molar refractivity (Wildman–Crippen MR) is 84.2 cm³/mol. The van der Waals surface area contributed by atoms with Crippen LogP contribution in [-0.4, -0.2) is 18.0 Å². The summed E-state index contributed by atoms with van der Waals surface area (Å²) < 4.78 is 5.23. The summed E-state index contributed by atoms with van der Waals surface area (Å²) in [7, 11) is 0. The zero-order chi connectivity index (χ0) is 15.7. The number of carbonyl (C=O) groups is 2. The minimum absolute atomic E-state index is 0.354. The Balaban J connectivity index is 1.79. The number of amides is 1. The number of fused-ring (bicyclic) bond motifs is 1. The molecule has 1 amide bonds. The number of cyclic esters (lactones) is 1. The van der Waals surface area contributed by atoms with Crippen molar-refractivity contribution in [2.75, 3.05) is 5.32 Å². The number of hydrogen-bond acceptors (Lipinski definition) is 3. The van der Waals surface area contributed by atoms with Crippen molar-refractivity contribution in [2.24, 2.45) is 0 Å². The van der Waals surface area contributed by atoms with E-state index in [9.17, 15) is 9.59 Å². The summed E-state index contributed by atoms with van der Waals surface area (Å²) in [6.07, 6.45) is -0.464. The van der Waals surface area contributed by atoms with Gasteiger partial charge in [-0.3, -0.25) is 4.79 Å². The fraction of sp³-hybridized carbons (Fsp3) is 0.176. The van der Waals surface area contributed by atoms with E-state index in [1.54, 1.807) is 24.3 Å². The van der Waals surface area contributed by atoms with E-state index in [0.717, 1.165) is 11.1 Å². The van der Waals surface area contributed by atoms with Crippen LogP contribution in [0.25, 0.3) is 0 Å². The van der Waals surface area contributed by atoms with Crippen molar-refractivity contribution in [1.29, 1.82) is 0 Å². The van der Waals surface area contributed by atoms with Crippen LogP contribution in [0.2, 0.25) is 5.02 Å². The molecule has 1 heterocycles. The average Bonchev–Trinajstić information content (AvgIpc) is 2.51. The maximum absolute atomic E-state index is 12.4. The van der Waals surface area contributed by atoms with Crippen LogP contribution in [0, 0.1) is 6.92 Å². The van der Waals surface area contributed by atoms with Gasteiger partial charge in [-0.15, -0.1) is 0 Å². The number of hydrogen-bond donors (Lipinski definition) is 1. The molecular weight excluding hydrogens is 302 g/mol. The molecule has 0 aliphatic carbocycles. The minimum Gasteiger partial charge on any atom is -0.448 e. The smallest absolute Gasteiger partial charge is 0.339 e. The third-order valence-electron chi connectivity index (χ3n) is 3.64. The van der Waals surface area contributed by atoms with Gasteiger partial charge in [0.2, 0.25) is 0 Å². The molecule has 2 aromatic rings. The fourth-order valence-electron chi connectivity index (χ4n) is 2.42. The summed E-state index contributed by atoms with van der Waals surface area (Å²) in [4.78, 5) is 24.3. The summed E-state index contributed by atoms with van der Waals surface area (Å²) in [5.41, 5.74) is 2.85. The zero-order valence-corrected chi connectivity index (χ0v) is 12.7. The number of carbonyl (C=O) groups excluding carboxylic acids is 2. The molecule has 0 saturated heterocycles. The molecule has 1 aliphatic rings. The highest BCUT2D eigenvalue weighted by Crippen LogP contribution is 2.24. The van der Waals surface area contributed by atoms with Crippen LogP contribution in [0.1, 0.15) is 21.5 Å². The van der Waals surface area contributed by atoms with Gasteiger partial charge in [-0.05, 0) is 36.2 Å². The lowest BCUT2D eigenvalue weighted by atomic mass is 9.98. The average molecular weight is 316 g/mol. The van der Waals surface area contributed by atoms with E-state index in [0.29, 0.717) is 22.7 Å². The van der Waals surface area contributed by atoms with Gasteiger partial charge < -0.3 is 10.1 Å². The maximum Gasteiger partial charge on any atom is 0.339 e. The van der Waals surface area contributed by atoms with Gasteiger partial charge >= 0.3 is 5.97 Å². The molecule has 1 N–H and O–H groups in total. The molecule has 112 valence electrons. The lowest BCUT2D eigenvalue weighted by Gasteiger charge is -2.24. The van der Waals surface area contributed by atoms with Crippen molar-refractivity contribution in [3.8, 4) is 0 Å². The van der Waals surface area contributed by atoms with E-state index in [1.807, 2.05) is 25.1 Å². The molecule has 3 rings (SSSR count). The Kier molecular flexibility index (Phi) is 3.86. The Hall–Kier alpha value is -2.33. The van der Waals surface area contributed by atoms with Gasteiger partial charge in [-0.1, -0.05) is 35.9 Å². The number of halogens is 1. The number of aryl methyl sites for hydroxylation is 1. The van der Waals surface area contributed by atoms with Crippen molar-refractivity contribution >= 4 is 29.2 Å². The molecule has 0 saturated carbocycles. The van der Waals surface area contributed by atoms with Gasteiger partial charge in [0.05, 0.1) is 5.56 Å². The number of nitrogens with one attached hydrogen (secondary N) is 1. The number of anilines is 1. The molecule has 22 heavy (non-hydrogen) atoms. The maximum atomic E-state index is 12.4. The third kappa shape index (κ3) is 2.83. The Morgan fingerprint density at radius 3 is 2.86 bits per heavy atom. The Labute approximate surface area is 133 Å². The summed E-state index contributed by atoms with van der Waals surface area (Å²) in [6, 6.07) is 12.4. The highest BCUT2D eigenvalue weighted by molar-refractivity contribution is 6.31. The zero-order valence-electron chi connectivity index (χ0n) is 11.9. The molecule has 0 aromatic heterocycles. The molecule has 0 unspecified atom stereocenters. The normalized spacial score (nSPS) is 16.6. The topological polar surface area (TPSA) is 55.4 Å². The van der Waals surface area contributed by atoms with Crippen LogP contribution in [-0.2, 0) is 16.0 Å². The van der Waals surface area contributed by atoms with Crippen LogP contribution in [0.5, 0.6) is 0 Å².